The zero-order valence-electron chi connectivity index (χ0n) is 10.5. The van der Waals surface area contributed by atoms with Crippen molar-refractivity contribution in [3.63, 3.8) is 0 Å². The van der Waals surface area contributed by atoms with Crippen LogP contribution in [0.15, 0.2) is 24.3 Å². The molecule has 0 fully saturated rings. The number of imide groups is 1. The van der Waals surface area contributed by atoms with E-state index >= 15 is 0 Å². The fourth-order valence-corrected chi connectivity index (χ4v) is 2.72. The Morgan fingerprint density at radius 3 is 1.95 bits per heavy atom. The molecule has 0 bridgehead atoms. The van der Waals surface area contributed by atoms with Gasteiger partial charge >= 0.3 is 29.6 Å². The zero-order chi connectivity index (χ0) is 13.5. The van der Waals surface area contributed by atoms with Gasteiger partial charge in [0.2, 0.25) is 0 Å². The van der Waals surface area contributed by atoms with Gasteiger partial charge in [0.15, 0.2) is 0 Å². The molecule has 8 heteroatoms. The van der Waals surface area contributed by atoms with Crippen LogP contribution in [0.3, 0.4) is 0 Å². The average molecular weight is 291 g/mol. The second-order valence-corrected chi connectivity index (χ2v) is 5.55. The molecule has 0 saturated heterocycles. The quantitative estimate of drug-likeness (QED) is 0.341. The molecule has 0 unspecified atom stereocenters. The molecule has 1 aliphatic rings. The van der Waals surface area contributed by atoms with Gasteiger partial charge in [0, 0.05) is 0 Å². The second kappa shape index (κ2) is 5.72. The predicted molar refractivity (Wildman–Crippen MR) is 61.0 cm³/mol. The van der Waals surface area contributed by atoms with E-state index in [-0.39, 0.29) is 40.7 Å². The topological polar surface area (TPSA) is 94.6 Å². The minimum atomic E-state index is -4.49. The molecule has 96 valence electrons. The summed E-state index contributed by atoms with van der Waals surface area (Å²) in [5.74, 6) is -1.91. The molecule has 1 heterocycles. The molecule has 6 nitrogen and oxygen atoms in total. The molecule has 0 N–H and O–H groups in total. The molecule has 19 heavy (non-hydrogen) atoms. The second-order valence-electron chi connectivity index (χ2n) is 4.10. The summed E-state index contributed by atoms with van der Waals surface area (Å²) >= 11 is 0. The summed E-state index contributed by atoms with van der Waals surface area (Å²) in [6.07, 6.45) is 0. The largest absolute Gasteiger partial charge is 1.00 e. The molecule has 1 aromatic carbocycles. The van der Waals surface area contributed by atoms with Gasteiger partial charge < -0.3 is 4.55 Å². The number of nitrogens with zero attached hydrogens (tertiary/aromatic N) is 1. The van der Waals surface area contributed by atoms with Crippen molar-refractivity contribution >= 4 is 21.9 Å². The third-order valence-electron chi connectivity index (χ3n) is 2.71. The van der Waals surface area contributed by atoms with E-state index < -0.39 is 33.7 Å². The Bertz CT molecular complexity index is 593. The molecule has 0 aromatic heterocycles. The van der Waals surface area contributed by atoms with E-state index in [1.807, 2.05) is 0 Å². The first kappa shape index (κ1) is 16.3. The number of carbonyl (C=O) groups is 2. The summed E-state index contributed by atoms with van der Waals surface area (Å²) in [6, 6.07) is 5.24. The van der Waals surface area contributed by atoms with Crippen LogP contribution in [-0.2, 0) is 10.1 Å². The molecular weight excluding hydrogens is 281 g/mol. The Morgan fingerprint density at radius 1 is 1.16 bits per heavy atom. The fourth-order valence-electron chi connectivity index (χ4n) is 1.98. The van der Waals surface area contributed by atoms with E-state index in [2.05, 4.69) is 0 Å². The average Bonchev–Trinajstić information content (AvgIpc) is 2.50. The van der Waals surface area contributed by atoms with Crippen LogP contribution in [0.1, 0.15) is 27.6 Å². The van der Waals surface area contributed by atoms with E-state index in [1.54, 1.807) is 12.1 Å². The van der Waals surface area contributed by atoms with Crippen molar-refractivity contribution in [1.82, 2.24) is 4.90 Å². The molecule has 0 aliphatic carbocycles. The minimum absolute atomic E-state index is 0. The summed E-state index contributed by atoms with van der Waals surface area (Å²) in [6.45, 7) is 1.36. The van der Waals surface area contributed by atoms with E-state index in [9.17, 15) is 22.6 Å². The monoisotopic (exact) mass is 291 g/mol. The van der Waals surface area contributed by atoms with Crippen molar-refractivity contribution in [2.24, 2.45) is 0 Å². The van der Waals surface area contributed by atoms with Gasteiger partial charge in [0.05, 0.1) is 33.0 Å². The Morgan fingerprint density at radius 2 is 1.58 bits per heavy atom. The van der Waals surface area contributed by atoms with Gasteiger partial charge in [-0.1, -0.05) is 12.1 Å². The molecule has 2 amide bonds. The number of carbonyl (C=O) groups excluding carboxylic acids is 2. The van der Waals surface area contributed by atoms with Crippen molar-refractivity contribution in [2.45, 2.75) is 13.0 Å². The third-order valence-corrected chi connectivity index (χ3v) is 3.60. The summed E-state index contributed by atoms with van der Waals surface area (Å²) in [5.41, 5.74) is 0.468. The SMILES string of the molecule is C[C@@H](CS(=O)(=O)[O-])N1C(=O)c2ccccc2C1=O.[Na+]. The van der Waals surface area contributed by atoms with Gasteiger partial charge in [-0.2, -0.15) is 0 Å². The van der Waals surface area contributed by atoms with Crippen molar-refractivity contribution in [2.75, 3.05) is 5.75 Å². The molecule has 1 atom stereocenters. The standard InChI is InChI=1S/C11H11NO5S.Na/c1-7(6-18(15,16)17)12-10(13)8-4-2-3-5-9(8)11(12)14;/h2-5,7H,6H2,1H3,(H,15,16,17);/q;+1/p-1/t7-;/m0./s1. The van der Waals surface area contributed by atoms with Crippen LogP contribution in [0.5, 0.6) is 0 Å². The molecule has 1 aromatic rings. The Balaban J connectivity index is 0.00000180. The van der Waals surface area contributed by atoms with Gasteiger partial charge in [0.1, 0.15) is 0 Å². The van der Waals surface area contributed by atoms with E-state index in [0.717, 1.165) is 4.90 Å². The van der Waals surface area contributed by atoms with Crippen LogP contribution in [0.4, 0.5) is 0 Å². The number of benzene rings is 1. The van der Waals surface area contributed by atoms with Crippen LogP contribution in [0, 0.1) is 0 Å². The number of hydrogen-bond donors (Lipinski definition) is 0. The number of fused-ring (bicyclic) bond motifs is 1. The Hall–Kier alpha value is -0.730. The number of hydrogen-bond acceptors (Lipinski definition) is 5. The maximum Gasteiger partial charge on any atom is 1.00 e. The van der Waals surface area contributed by atoms with Crippen molar-refractivity contribution in [1.29, 1.82) is 0 Å². The van der Waals surface area contributed by atoms with E-state index in [4.69, 9.17) is 0 Å². The Labute approximate surface area is 132 Å². The molecule has 0 saturated carbocycles. The molecular formula is C11H10NNaO5S. The zero-order valence-corrected chi connectivity index (χ0v) is 13.3. The molecule has 0 radical (unpaired) electrons. The Kier molecular flexibility index (Phi) is 4.91. The smallest absolute Gasteiger partial charge is 0.748 e. The van der Waals surface area contributed by atoms with Gasteiger partial charge in [-0.05, 0) is 19.1 Å². The fraction of sp³-hybridized carbons (Fsp3) is 0.273. The van der Waals surface area contributed by atoms with Crippen molar-refractivity contribution in [3.05, 3.63) is 35.4 Å². The summed E-state index contributed by atoms with van der Waals surface area (Å²) in [4.78, 5) is 24.7. The first-order valence-electron chi connectivity index (χ1n) is 5.22. The molecule has 0 spiro atoms. The maximum absolute atomic E-state index is 11.9. The minimum Gasteiger partial charge on any atom is -0.748 e. The summed E-state index contributed by atoms with van der Waals surface area (Å²) in [7, 11) is -4.49. The van der Waals surface area contributed by atoms with Crippen LogP contribution < -0.4 is 29.6 Å². The number of rotatable bonds is 3. The summed E-state index contributed by atoms with van der Waals surface area (Å²) in [5, 5.41) is 0. The summed E-state index contributed by atoms with van der Waals surface area (Å²) < 4.78 is 32.0. The van der Waals surface area contributed by atoms with Gasteiger partial charge in [-0.15, -0.1) is 0 Å². The van der Waals surface area contributed by atoms with E-state index in [1.165, 1.54) is 19.1 Å². The normalized spacial score (nSPS) is 16.0. The first-order chi connectivity index (χ1) is 8.31. The van der Waals surface area contributed by atoms with E-state index in [0.29, 0.717) is 0 Å². The van der Waals surface area contributed by atoms with Crippen LogP contribution in [0.2, 0.25) is 0 Å². The van der Waals surface area contributed by atoms with Gasteiger partial charge in [-0.25, -0.2) is 8.42 Å². The van der Waals surface area contributed by atoms with Crippen molar-refractivity contribution in [3.8, 4) is 0 Å². The van der Waals surface area contributed by atoms with Gasteiger partial charge in [0.25, 0.3) is 11.8 Å². The number of amides is 2. The van der Waals surface area contributed by atoms with Crippen LogP contribution in [0.25, 0.3) is 0 Å². The molecule has 2 rings (SSSR count). The van der Waals surface area contributed by atoms with Crippen LogP contribution in [-0.4, -0.2) is 41.5 Å². The third kappa shape index (κ3) is 3.24. The molecule has 1 aliphatic heterocycles. The first-order valence-corrected chi connectivity index (χ1v) is 6.79. The van der Waals surface area contributed by atoms with Gasteiger partial charge in [-0.3, -0.25) is 14.5 Å². The van der Waals surface area contributed by atoms with Crippen molar-refractivity contribution < 1.29 is 52.1 Å². The maximum atomic E-state index is 11.9. The van der Waals surface area contributed by atoms with Crippen LogP contribution >= 0.6 is 0 Å². The predicted octanol–water partition coefficient (Wildman–Crippen LogP) is -2.78.